The summed E-state index contributed by atoms with van der Waals surface area (Å²) in [6.45, 7) is 4.21. The molecule has 1 aromatic heterocycles. The van der Waals surface area contributed by atoms with Crippen molar-refractivity contribution in [1.82, 2.24) is 4.98 Å². The monoisotopic (exact) mass is 295 g/mol. The minimum absolute atomic E-state index is 0.113. The van der Waals surface area contributed by atoms with Crippen molar-refractivity contribution in [2.75, 3.05) is 23.3 Å². The van der Waals surface area contributed by atoms with Crippen LogP contribution in [0.3, 0.4) is 0 Å². The van der Waals surface area contributed by atoms with Gasteiger partial charge in [0.2, 0.25) is 0 Å². The summed E-state index contributed by atoms with van der Waals surface area (Å²) < 4.78 is 0. The molecule has 0 unspecified atom stereocenters. The van der Waals surface area contributed by atoms with Crippen LogP contribution >= 0.6 is 0 Å². The van der Waals surface area contributed by atoms with E-state index in [1.807, 2.05) is 36.5 Å². The van der Waals surface area contributed by atoms with Gasteiger partial charge >= 0.3 is 0 Å². The molecule has 0 spiro atoms. The van der Waals surface area contributed by atoms with E-state index < -0.39 is 0 Å². The molecule has 0 bridgehead atoms. The van der Waals surface area contributed by atoms with Crippen molar-refractivity contribution in [2.45, 2.75) is 26.2 Å². The maximum Gasteiger partial charge on any atom is 0.257 e. The predicted molar refractivity (Wildman–Crippen MR) is 89.5 cm³/mol. The number of pyridine rings is 1. The zero-order valence-electron chi connectivity index (χ0n) is 12.9. The van der Waals surface area contributed by atoms with Crippen molar-refractivity contribution < 1.29 is 4.79 Å². The van der Waals surface area contributed by atoms with Gasteiger partial charge in [-0.1, -0.05) is 19.1 Å². The second-order valence-corrected chi connectivity index (χ2v) is 5.63. The summed E-state index contributed by atoms with van der Waals surface area (Å²) in [6, 6.07) is 9.88. The van der Waals surface area contributed by atoms with Crippen LogP contribution in [0.5, 0.6) is 0 Å². The Kier molecular flexibility index (Phi) is 4.37. The fourth-order valence-corrected chi connectivity index (χ4v) is 2.73. The number of aryl methyl sites for hydroxylation is 1. The number of hydrogen-bond donors (Lipinski definition) is 1. The van der Waals surface area contributed by atoms with Crippen molar-refractivity contribution in [3.05, 3.63) is 53.9 Å². The molecule has 2 heterocycles. The highest BCUT2D eigenvalue weighted by molar-refractivity contribution is 6.04. The molecular formula is C18H21N3O. The lowest BCUT2D eigenvalue weighted by Crippen LogP contribution is -2.19. The smallest absolute Gasteiger partial charge is 0.257 e. The highest BCUT2D eigenvalue weighted by Crippen LogP contribution is 2.20. The zero-order chi connectivity index (χ0) is 15.4. The van der Waals surface area contributed by atoms with E-state index in [1.165, 1.54) is 18.4 Å². The standard InChI is InChI=1S/C18H21N3O/c1-2-14-5-7-16(8-6-14)20-18(22)15-11-17(13-19-12-15)21-9-3-4-10-21/h5-8,11-13H,2-4,9-10H2,1H3,(H,20,22). The molecule has 4 nitrogen and oxygen atoms in total. The quantitative estimate of drug-likeness (QED) is 0.939. The molecule has 1 fully saturated rings. The zero-order valence-corrected chi connectivity index (χ0v) is 12.9. The van der Waals surface area contributed by atoms with Gasteiger partial charge in [-0.3, -0.25) is 9.78 Å². The molecule has 22 heavy (non-hydrogen) atoms. The van der Waals surface area contributed by atoms with Gasteiger partial charge < -0.3 is 10.2 Å². The average Bonchev–Trinajstić information content (AvgIpc) is 3.10. The number of nitrogens with zero attached hydrogens (tertiary/aromatic N) is 2. The summed E-state index contributed by atoms with van der Waals surface area (Å²) in [5.74, 6) is -0.113. The molecular weight excluding hydrogens is 274 g/mol. The molecule has 1 aromatic carbocycles. The van der Waals surface area contributed by atoms with Crippen LogP contribution in [0.4, 0.5) is 11.4 Å². The minimum Gasteiger partial charge on any atom is -0.370 e. The molecule has 114 valence electrons. The van der Waals surface area contributed by atoms with Crippen LogP contribution in [0.1, 0.15) is 35.7 Å². The largest absolute Gasteiger partial charge is 0.370 e. The highest BCUT2D eigenvalue weighted by atomic mass is 16.1. The first kappa shape index (κ1) is 14.6. The topological polar surface area (TPSA) is 45.2 Å². The van der Waals surface area contributed by atoms with E-state index in [2.05, 4.69) is 22.1 Å². The van der Waals surface area contributed by atoms with E-state index in [4.69, 9.17) is 0 Å². The van der Waals surface area contributed by atoms with E-state index in [-0.39, 0.29) is 5.91 Å². The lowest BCUT2D eigenvalue weighted by atomic mass is 10.1. The summed E-state index contributed by atoms with van der Waals surface area (Å²) in [6.07, 6.45) is 6.86. The summed E-state index contributed by atoms with van der Waals surface area (Å²) in [7, 11) is 0. The summed E-state index contributed by atoms with van der Waals surface area (Å²) >= 11 is 0. The predicted octanol–water partition coefficient (Wildman–Crippen LogP) is 3.50. The van der Waals surface area contributed by atoms with E-state index in [0.29, 0.717) is 5.56 Å². The fraction of sp³-hybridized carbons (Fsp3) is 0.333. The molecule has 1 saturated heterocycles. The van der Waals surface area contributed by atoms with Crippen LogP contribution in [-0.4, -0.2) is 24.0 Å². The van der Waals surface area contributed by atoms with Crippen LogP contribution < -0.4 is 10.2 Å². The third-order valence-corrected chi connectivity index (χ3v) is 4.08. The van der Waals surface area contributed by atoms with Gasteiger partial charge in [0.15, 0.2) is 0 Å². The SMILES string of the molecule is CCc1ccc(NC(=O)c2cncc(N3CCCC3)c2)cc1. The number of carbonyl (C=O) groups is 1. The van der Waals surface area contributed by atoms with Gasteiger partial charge in [-0.15, -0.1) is 0 Å². The van der Waals surface area contributed by atoms with Crippen LogP contribution in [0.2, 0.25) is 0 Å². The Labute approximate surface area is 131 Å². The number of rotatable bonds is 4. The van der Waals surface area contributed by atoms with Crippen molar-refractivity contribution in [1.29, 1.82) is 0 Å². The molecule has 4 heteroatoms. The molecule has 0 radical (unpaired) electrons. The van der Waals surface area contributed by atoms with E-state index in [9.17, 15) is 4.79 Å². The third kappa shape index (κ3) is 3.27. The molecule has 2 aromatic rings. The first-order chi connectivity index (χ1) is 10.8. The molecule has 0 atom stereocenters. The number of anilines is 2. The molecule has 1 amide bonds. The number of aromatic nitrogens is 1. The number of amides is 1. The van der Waals surface area contributed by atoms with Crippen LogP contribution in [-0.2, 0) is 6.42 Å². The Balaban J connectivity index is 1.72. The van der Waals surface area contributed by atoms with E-state index in [1.54, 1.807) is 6.20 Å². The van der Waals surface area contributed by atoms with Crippen LogP contribution in [0.25, 0.3) is 0 Å². The Hall–Kier alpha value is -2.36. The van der Waals surface area contributed by atoms with Crippen molar-refractivity contribution in [2.24, 2.45) is 0 Å². The highest BCUT2D eigenvalue weighted by Gasteiger charge is 2.15. The minimum atomic E-state index is -0.113. The number of hydrogen-bond acceptors (Lipinski definition) is 3. The second-order valence-electron chi connectivity index (χ2n) is 5.63. The van der Waals surface area contributed by atoms with E-state index in [0.717, 1.165) is 30.9 Å². The molecule has 1 aliphatic heterocycles. The van der Waals surface area contributed by atoms with Crippen molar-refractivity contribution >= 4 is 17.3 Å². The Morgan fingerprint density at radius 3 is 2.59 bits per heavy atom. The van der Waals surface area contributed by atoms with Gasteiger partial charge in [-0.25, -0.2) is 0 Å². The van der Waals surface area contributed by atoms with E-state index >= 15 is 0 Å². The van der Waals surface area contributed by atoms with Crippen LogP contribution in [0.15, 0.2) is 42.7 Å². The number of carbonyl (C=O) groups excluding carboxylic acids is 1. The molecule has 1 aliphatic rings. The van der Waals surface area contributed by atoms with Gasteiger partial charge in [0.25, 0.3) is 5.91 Å². The van der Waals surface area contributed by atoms with Gasteiger partial charge in [0.05, 0.1) is 17.4 Å². The number of nitrogens with one attached hydrogen (secondary N) is 1. The lowest BCUT2D eigenvalue weighted by molar-refractivity contribution is 0.102. The average molecular weight is 295 g/mol. The van der Waals surface area contributed by atoms with Crippen molar-refractivity contribution in [3.8, 4) is 0 Å². The Morgan fingerprint density at radius 2 is 1.91 bits per heavy atom. The number of benzene rings is 1. The first-order valence-electron chi connectivity index (χ1n) is 7.86. The van der Waals surface area contributed by atoms with Gasteiger partial charge in [0.1, 0.15) is 0 Å². The molecule has 0 saturated carbocycles. The lowest BCUT2D eigenvalue weighted by Gasteiger charge is -2.17. The Morgan fingerprint density at radius 1 is 1.18 bits per heavy atom. The maximum absolute atomic E-state index is 12.4. The molecule has 0 aliphatic carbocycles. The summed E-state index contributed by atoms with van der Waals surface area (Å²) in [5.41, 5.74) is 3.71. The summed E-state index contributed by atoms with van der Waals surface area (Å²) in [5, 5.41) is 2.93. The maximum atomic E-state index is 12.4. The molecule has 3 rings (SSSR count). The second kappa shape index (κ2) is 6.60. The normalized spacial score (nSPS) is 14.1. The van der Waals surface area contributed by atoms with Gasteiger partial charge in [-0.2, -0.15) is 0 Å². The van der Waals surface area contributed by atoms with Gasteiger partial charge in [-0.05, 0) is 43.0 Å². The first-order valence-corrected chi connectivity index (χ1v) is 7.86. The Bertz CT molecular complexity index is 646. The molecule has 1 N–H and O–H groups in total. The third-order valence-electron chi connectivity index (χ3n) is 4.08. The summed E-state index contributed by atoms with van der Waals surface area (Å²) in [4.78, 5) is 18.9. The van der Waals surface area contributed by atoms with Gasteiger partial charge in [0, 0.05) is 25.0 Å². The fourth-order valence-electron chi connectivity index (χ4n) is 2.73. The van der Waals surface area contributed by atoms with Crippen LogP contribution in [0, 0.1) is 0 Å². The van der Waals surface area contributed by atoms with Crippen molar-refractivity contribution in [3.63, 3.8) is 0 Å².